The molecule has 0 aromatic heterocycles. The minimum absolute atomic E-state index is 0.139. The zero-order valence-electron chi connectivity index (χ0n) is 21.2. The molecule has 1 fully saturated rings. The lowest BCUT2D eigenvalue weighted by atomic mass is 9.88. The van der Waals surface area contributed by atoms with Gasteiger partial charge in [-0.1, -0.05) is 54.6 Å². The van der Waals surface area contributed by atoms with E-state index in [2.05, 4.69) is 17.0 Å². The number of benzene rings is 3. The Bertz CT molecular complexity index is 1160. The van der Waals surface area contributed by atoms with Gasteiger partial charge in [0.2, 0.25) is 0 Å². The Morgan fingerprint density at radius 3 is 2.11 bits per heavy atom. The minimum Gasteiger partial charge on any atom is -0.755 e. The van der Waals surface area contributed by atoms with Gasteiger partial charge in [-0.2, -0.15) is 0 Å². The fraction of sp³-hybridized carbons (Fsp3) is 0.345. The van der Waals surface area contributed by atoms with E-state index in [0.29, 0.717) is 18.5 Å². The molecule has 3 aromatic carbocycles. The van der Waals surface area contributed by atoms with Crippen molar-refractivity contribution in [2.45, 2.75) is 25.3 Å². The van der Waals surface area contributed by atoms with Gasteiger partial charge >= 0.3 is 5.97 Å². The Kier molecular flexibility index (Phi) is 9.33. The summed E-state index contributed by atoms with van der Waals surface area (Å²) >= 11 is -2.65. The van der Waals surface area contributed by atoms with Gasteiger partial charge in [-0.05, 0) is 79.2 Å². The summed E-state index contributed by atoms with van der Waals surface area (Å²) < 4.78 is 36.4. The van der Waals surface area contributed by atoms with Gasteiger partial charge in [0, 0.05) is 23.5 Å². The molecule has 1 heterocycles. The van der Waals surface area contributed by atoms with E-state index in [1.807, 2.05) is 54.6 Å². The van der Waals surface area contributed by atoms with Crippen molar-refractivity contribution in [2.24, 2.45) is 5.92 Å². The second-order valence-corrected chi connectivity index (χ2v) is 10.0. The summed E-state index contributed by atoms with van der Waals surface area (Å²) in [4.78, 5) is 15.3. The second-order valence-electron chi connectivity index (χ2n) is 9.20. The summed E-state index contributed by atoms with van der Waals surface area (Å²) in [6.07, 6.45) is 2.39. The molecule has 8 heteroatoms. The number of esters is 1. The zero-order chi connectivity index (χ0) is 26.2. The molecule has 1 aliphatic heterocycles. The van der Waals surface area contributed by atoms with Gasteiger partial charge in [-0.3, -0.25) is 8.51 Å². The number of likely N-dealkylation sites (tertiary alicyclic amines) is 1. The second kappa shape index (κ2) is 12.9. The van der Waals surface area contributed by atoms with Crippen LogP contribution in [0.5, 0.6) is 5.75 Å². The van der Waals surface area contributed by atoms with Crippen LogP contribution in [0.2, 0.25) is 0 Å². The van der Waals surface area contributed by atoms with Crippen LogP contribution in [0.1, 0.15) is 18.4 Å². The van der Waals surface area contributed by atoms with Crippen LogP contribution in [0.25, 0.3) is 11.1 Å². The molecule has 0 amide bonds. The lowest BCUT2D eigenvalue weighted by molar-refractivity contribution is -0.143. The number of methoxy groups -OCH3 is 2. The van der Waals surface area contributed by atoms with Crippen LogP contribution in [0, 0.1) is 5.92 Å². The first-order valence-electron chi connectivity index (χ1n) is 12.5. The molecule has 7 nitrogen and oxygen atoms in total. The van der Waals surface area contributed by atoms with Crippen LogP contribution in [-0.2, 0) is 27.2 Å². The predicted molar refractivity (Wildman–Crippen MR) is 145 cm³/mol. The molecule has 0 spiro atoms. The molecule has 196 valence electrons. The molecule has 0 aliphatic carbocycles. The molecule has 4 rings (SSSR count). The maximum Gasteiger partial charge on any atom is 0.329 e. The van der Waals surface area contributed by atoms with E-state index >= 15 is 0 Å². The molecule has 3 aromatic rings. The van der Waals surface area contributed by atoms with Crippen molar-refractivity contribution in [3.05, 3.63) is 84.4 Å². The summed E-state index contributed by atoms with van der Waals surface area (Å²) in [5.41, 5.74) is 3.65. The number of carbonyl (C=O) groups is 1. The number of carbonyl (C=O) groups excluding carboxylic acids is 1. The van der Waals surface area contributed by atoms with Gasteiger partial charge in [0.25, 0.3) is 0 Å². The first-order valence-corrected chi connectivity index (χ1v) is 13.5. The van der Waals surface area contributed by atoms with Crippen molar-refractivity contribution in [3.8, 4) is 16.9 Å². The quantitative estimate of drug-likeness (QED) is 0.289. The van der Waals surface area contributed by atoms with Crippen LogP contribution in [0.3, 0.4) is 0 Å². The van der Waals surface area contributed by atoms with Crippen LogP contribution in [-0.4, -0.2) is 59.5 Å². The third kappa shape index (κ3) is 6.77. The molecule has 0 bridgehead atoms. The summed E-state index contributed by atoms with van der Waals surface area (Å²) in [6.45, 7) is 2.55. The van der Waals surface area contributed by atoms with Crippen molar-refractivity contribution in [2.75, 3.05) is 38.2 Å². The van der Waals surface area contributed by atoms with E-state index in [4.69, 9.17) is 9.47 Å². The van der Waals surface area contributed by atoms with Crippen molar-refractivity contribution in [1.29, 1.82) is 0 Å². The predicted octanol–water partition coefficient (Wildman–Crippen LogP) is 4.46. The molecule has 1 aliphatic rings. The smallest absolute Gasteiger partial charge is 0.329 e. The largest absolute Gasteiger partial charge is 0.755 e. The molecular weight excluding hydrogens is 488 g/mol. The van der Waals surface area contributed by atoms with E-state index < -0.39 is 23.3 Å². The maximum atomic E-state index is 12.9. The Labute approximate surface area is 221 Å². The zero-order valence-corrected chi connectivity index (χ0v) is 22.1. The highest BCUT2D eigenvalue weighted by atomic mass is 32.2. The molecule has 2 atom stereocenters. The van der Waals surface area contributed by atoms with Gasteiger partial charge in [0.05, 0.1) is 14.2 Å². The van der Waals surface area contributed by atoms with Crippen molar-refractivity contribution >= 4 is 22.9 Å². The van der Waals surface area contributed by atoms with E-state index in [1.165, 1.54) is 17.0 Å². The topological polar surface area (TPSA) is 82.1 Å². The van der Waals surface area contributed by atoms with Crippen LogP contribution in [0.15, 0.2) is 78.9 Å². The number of hydrogen-bond donors (Lipinski definition) is 0. The molecule has 0 saturated carbocycles. The monoisotopic (exact) mass is 521 g/mol. The summed E-state index contributed by atoms with van der Waals surface area (Å²) in [7, 11) is 2.93. The SMILES string of the molecule is COC(=O)C(C1CCN(CCc2ccccc2)CC1)N(c1ccc(-c2ccc(OC)cc2)cc1)S(=O)[O-]. The van der Waals surface area contributed by atoms with Gasteiger partial charge in [-0.25, -0.2) is 4.79 Å². The number of piperidine rings is 1. The summed E-state index contributed by atoms with van der Waals surface area (Å²) in [5.74, 6) is 0.0890. The Hall–Kier alpha value is -3.20. The van der Waals surface area contributed by atoms with Crippen molar-refractivity contribution < 1.29 is 23.0 Å². The third-order valence-electron chi connectivity index (χ3n) is 7.04. The molecule has 0 radical (unpaired) electrons. The fourth-order valence-electron chi connectivity index (χ4n) is 4.95. The highest BCUT2D eigenvalue weighted by Gasteiger charge is 2.37. The minimum atomic E-state index is -2.65. The normalized spacial score (nSPS) is 16.1. The number of anilines is 1. The van der Waals surface area contributed by atoms with Crippen LogP contribution < -0.4 is 9.04 Å². The van der Waals surface area contributed by atoms with Gasteiger partial charge in [-0.15, -0.1) is 0 Å². The lowest BCUT2D eigenvalue weighted by Crippen LogP contribution is -2.51. The molecular formula is C29H33N2O5S-. The summed E-state index contributed by atoms with van der Waals surface area (Å²) in [6, 6.07) is 24.3. The van der Waals surface area contributed by atoms with Crippen molar-refractivity contribution in [1.82, 2.24) is 4.90 Å². The van der Waals surface area contributed by atoms with E-state index in [9.17, 15) is 13.6 Å². The first-order chi connectivity index (χ1) is 18.0. The fourth-order valence-corrected chi connectivity index (χ4v) is 5.69. The van der Waals surface area contributed by atoms with E-state index in [-0.39, 0.29) is 5.92 Å². The van der Waals surface area contributed by atoms with Crippen LogP contribution >= 0.6 is 0 Å². The van der Waals surface area contributed by atoms with Crippen molar-refractivity contribution in [3.63, 3.8) is 0 Å². The Morgan fingerprint density at radius 2 is 1.57 bits per heavy atom. The highest BCUT2D eigenvalue weighted by molar-refractivity contribution is 7.80. The van der Waals surface area contributed by atoms with Gasteiger partial charge in [0.1, 0.15) is 11.8 Å². The Balaban J connectivity index is 1.47. The lowest BCUT2D eigenvalue weighted by Gasteiger charge is -2.41. The van der Waals surface area contributed by atoms with E-state index in [1.54, 1.807) is 19.2 Å². The van der Waals surface area contributed by atoms with Gasteiger partial charge < -0.3 is 18.9 Å². The van der Waals surface area contributed by atoms with Crippen LogP contribution in [0.4, 0.5) is 5.69 Å². The average molecular weight is 522 g/mol. The number of nitrogens with zero attached hydrogens (tertiary/aromatic N) is 2. The number of rotatable bonds is 10. The maximum absolute atomic E-state index is 12.9. The standard InChI is InChI=1S/C29H34N2O5S/c1-35-27-14-10-24(11-15-27)23-8-12-26(13-9-23)31(37(33)34)28(29(32)36-2)25-17-20-30(21-18-25)19-16-22-6-4-3-5-7-22/h3-15,25,28H,16-21H2,1-2H3,(H,33,34)/p-1. The van der Waals surface area contributed by atoms with Gasteiger partial charge in [0.15, 0.2) is 0 Å². The third-order valence-corrected chi connectivity index (χ3v) is 7.80. The summed E-state index contributed by atoms with van der Waals surface area (Å²) in [5, 5.41) is 0. The molecule has 1 saturated heterocycles. The average Bonchev–Trinajstić information content (AvgIpc) is 2.95. The Morgan fingerprint density at radius 1 is 0.973 bits per heavy atom. The highest BCUT2D eigenvalue weighted by Crippen LogP contribution is 2.32. The molecule has 0 N–H and O–H groups in total. The molecule has 37 heavy (non-hydrogen) atoms. The number of ether oxygens (including phenoxy) is 2. The number of hydrogen-bond acceptors (Lipinski definition) is 6. The van der Waals surface area contributed by atoms with E-state index in [0.717, 1.165) is 42.9 Å². The first kappa shape index (κ1) is 26.9. The molecule has 2 unspecified atom stereocenters.